The zero-order valence-corrected chi connectivity index (χ0v) is 19.8. The van der Waals surface area contributed by atoms with E-state index in [0.717, 1.165) is 29.7 Å². The summed E-state index contributed by atoms with van der Waals surface area (Å²) in [6, 6.07) is 16.7. The zero-order valence-electron chi connectivity index (χ0n) is 18.2. The SMILES string of the molecule is CCc1cccc(CC)c1NC(=O)Nc1ccc(C)c(S(=O)(=O)Nc2ccc(Cl)cc2)c1. The molecule has 2 amide bonds. The van der Waals surface area contributed by atoms with Crippen molar-refractivity contribution < 1.29 is 13.2 Å². The molecule has 6 nitrogen and oxygen atoms in total. The number of rotatable bonds is 7. The number of hydrogen-bond donors (Lipinski definition) is 3. The quantitative estimate of drug-likeness (QED) is 0.382. The number of carbonyl (C=O) groups is 1. The zero-order chi connectivity index (χ0) is 23.3. The smallest absolute Gasteiger partial charge is 0.308 e. The van der Waals surface area contributed by atoms with Gasteiger partial charge in [0.1, 0.15) is 0 Å². The van der Waals surface area contributed by atoms with Crippen LogP contribution in [0.5, 0.6) is 0 Å². The number of para-hydroxylation sites is 1. The Labute approximate surface area is 194 Å². The van der Waals surface area contributed by atoms with Gasteiger partial charge < -0.3 is 10.6 Å². The number of sulfonamides is 1. The van der Waals surface area contributed by atoms with Crippen LogP contribution in [0.25, 0.3) is 0 Å². The molecule has 3 aromatic carbocycles. The van der Waals surface area contributed by atoms with Crippen LogP contribution in [-0.2, 0) is 22.9 Å². The van der Waals surface area contributed by atoms with Gasteiger partial charge in [0.2, 0.25) is 0 Å². The highest BCUT2D eigenvalue weighted by Crippen LogP contribution is 2.25. The molecule has 0 aliphatic rings. The molecule has 0 bridgehead atoms. The molecule has 3 rings (SSSR count). The van der Waals surface area contributed by atoms with Crippen molar-refractivity contribution in [3.05, 3.63) is 82.4 Å². The summed E-state index contributed by atoms with van der Waals surface area (Å²) < 4.78 is 28.4. The first-order chi connectivity index (χ1) is 15.2. The minimum atomic E-state index is -3.86. The summed E-state index contributed by atoms with van der Waals surface area (Å²) in [5.41, 5.74) is 4.20. The van der Waals surface area contributed by atoms with Gasteiger partial charge >= 0.3 is 6.03 Å². The lowest BCUT2D eigenvalue weighted by molar-refractivity contribution is 0.262. The molecule has 0 heterocycles. The van der Waals surface area contributed by atoms with Crippen LogP contribution in [0.1, 0.15) is 30.5 Å². The van der Waals surface area contributed by atoms with E-state index in [1.54, 1.807) is 43.3 Å². The van der Waals surface area contributed by atoms with Gasteiger partial charge in [-0.3, -0.25) is 4.72 Å². The standard InChI is InChI=1S/C24H26ClN3O3S/c1-4-17-7-6-8-18(5-2)23(17)27-24(29)26-21-12-9-16(3)22(15-21)32(30,31)28-20-13-10-19(25)11-14-20/h6-15,28H,4-5H2,1-3H3,(H2,26,27,29). The summed E-state index contributed by atoms with van der Waals surface area (Å²) in [5.74, 6) is 0. The average Bonchev–Trinajstić information content (AvgIpc) is 2.76. The molecule has 168 valence electrons. The third-order valence-electron chi connectivity index (χ3n) is 5.07. The molecule has 0 saturated carbocycles. The normalized spacial score (nSPS) is 11.1. The first-order valence-electron chi connectivity index (χ1n) is 10.3. The van der Waals surface area contributed by atoms with E-state index in [9.17, 15) is 13.2 Å². The van der Waals surface area contributed by atoms with Crippen LogP contribution in [-0.4, -0.2) is 14.4 Å². The molecule has 0 aliphatic heterocycles. The summed E-state index contributed by atoms with van der Waals surface area (Å²) in [6.45, 7) is 5.76. The Balaban J connectivity index is 1.81. The van der Waals surface area contributed by atoms with Gasteiger partial charge in [0.25, 0.3) is 10.0 Å². The van der Waals surface area contributed by atoms with E-state index in [2.05, 4.69) is 15.4 Å². The highest BCUT2D eigenvalue weighted by atomic mass is 35.5. The van der Waals surface area contributed by atoms with Crippen molar-refractivity contribution in [2.24, 2.45) is 0 Å². The maximum Gasteiger partial charge on any atom is 0.323 e. The molecular weight excluding hydrogens is 446 g/mol. The number of hydrogen-bond acceptors (Lipinski definition) is 3. The number of aryl methyl sites for hydroxylation is 3. The number of amides is 2. The fourth-order valence-electron chi connectivity index (χ4n) is 3.37. The summed E-state index contributed by atoms with van der Waals surface area (Å²) in [4.78, 5) is 12.8. The average molecular weight is 472 g/mol. The van der Waals surface area contributed by atoms with Gasteiger partial charge in [-0.05, 0) is 72.9 Å². The third kappa shape index (κ3) is 5.60. The van der Waals surface area contributed by atoms with E-state index in [1.165, 1.54) is 6.07 Å². The maximum atomic E-state index is 12.9. The van der Waals surface area contributed by atoms with Crippen LogP contribution < -0.4 is 15.4 Å². The molecular formula is C24H26ClN3O3S. The number of anilines is 3. The molecule has 0 aliphatic carbocycles. The Morgan fingerprint density at radius 3 is 2.06 bits per heavy atom. The molecule has 32 heavy (non-hydrogen) atoms. The topological polar surface area (TPSA) is 87.3 Å². The van der Waals surface area contributed by atoms with Crippen molar-refractivity contribution in [1.29, 1.82) is 0 Å². The van der Waals surface area contributed by atoms with E-state index >= 15 is 0 Å². The largest absolute Gasteiger partial charge is 0.323 e. The molecule has 0 unspecified atom stereocenters. The Kier molecular flexibility index (Phi) is 7.43. The van der Waals surface area contributed by atoms with Crippen LogP contribution >= 0.6 is 11.6 Å². The van der Waals surface area contributed by atoms with Crippen molar-refractivity contribution in [3.8, 4) is 0 Å². The van der Waals surface area contributed by atoms with Gasteiger partial charge in [0.15, 0.2) is 0 Å². The maximum absolute atomic E-state index is 12.9. The predicted octanol–water partition coefficient (Wildman–Crippen LogP) is 6.22. The minimum Gasteiger partial charge on any atom is -0.308 e. The first kappa shape index (κ1) is 23.6. The lowest BCUT2D eigenvalue weighted by Gasteiger charge is -2.16. The summed E-state index contributed by atoms with van der Waals surface area (Å²) in [5, 5.41) is 6.18. The molecule has 0 atom stereocenters. The van der Waals surface area contributed by atoms with Crippen molar-refractivity contribution in [1.82, 2.24) is 0 Å². The lowest BCUT2D eigenvalue weighted by atomic mass is 10.0. The second-order valence-corrected chi connectivity index (χ2v) is 9.42. The van der Waals surface area contributed by atoms with Crippen molar-refractivity contribution in [2.75, 3.05) is 15.4 Å². The fraction of sp³-hybridized carbons (Fsp3) is 0.208. The highest BCUT2D eigenvalue weighted by Gasteiger charge is 2.19. The van der Waals surface area contributed by atoms with Gasteiger partial charge in [-0.1, -0.05) is 49.7 Å². The van der Waals surface area contributed by atoms with Gasteiger partial charge in [0.05, 0.1) is 4.90 Å². The minimum absolute atomic E-state index is 0.0773. The summed E-state index contributed by atoms with van der Waals surface area (Å²) >= 11 is 5.87. The Morgan fingerprint density at radius 2 is 1.47 bits per heavy atom. The highest BCUT2D eigenvalue weighted by molar-refractivity contribution is 7.92. The summed E-state index contributed by atoms with van der Waals surface area (Å²) in [6.07, 6.45) is 1.57. The fourth-order valence-corrected chi connectivity index (χ4v) is 4.83. The number of nitrogens with one attached hydrogen (secondary N) is 3. The lowest BCUT2D eigenvalue weighted by Crippen LogP contribution is -2.22. The number of urea groups is 1. The van der Waals surface area contributed by atoms with E-state index in [1.807, 2.05) is 32.0 Å². The molecule has 3 N–H and O–H groups in total. The second-order valence-electron chi connectivity index (χ2n) is 7.33. The Morgan fingerprint density at radius 1 is 0.875 bits per heavy atom. The van der Waals surface area contributed by atoms with Crippen molar-refractivity contribution in [2.45, 2.75) is 38.5 Å². The number of benzene rings is 3. The van der Waals surface area contributed by atoms with Crippen molar-refractivity contribution in [3.63, 3.8) is 0 Å². The van der Waals surface area contributed by atoms with Gasteiger partial charge in [0, 0.05) is 22.1 Å². The van der Waals surface area contributed by atoms with E-state index in [0.29, 0.717) is 22.0 Å². The summed E-state index contributed by atoms with van der Waals surface area (Å²) in [7, 11) is -3.86. The van der Waals surface area contributed by atoms with Gasteiger partial charge in [-0.15, -0.1) is 0 Å². The Hall–Kier alpha value is -3.03. The van der Waals surface area contributed by atoms with Crippen LogP contribution in [0.15, 0.2) is 65.6 Å². The second kappa shape index (κ2) is 10.1. The van der Waals surface area contributed by atoms with Gasteiger partial charge in [-0.2, -0.15) is 0 Å². The molecule has 0 radical (unpaired) electrons. The number of carbonyl (C=O) groups excluding carboxylic acids is 1. The molecule has 0 saturated heterocycles. The molecule has 0 fully saturated rings. The van der Waals surface area contributed by atoms with Crippen molar-refractivity contribution >= 4 is 44.7 Å². The molecule has 8 heteroatoms. The number of halogens is 1. The third-order valence-corrected chi connectivity index (χ3v) is 6.84. The molecule has 0 spiro atoms. The molecule has 3 aromatic rings. The van der Waals surface area contributed by atoms with Crippen LogP contribution in [0.3, 0.4) is 0 Å². The van der Waals surface area contributed by atoms with E-state index in [4.69, 9.17) is 11.6 Å². The van der Waals surface area contributed by atoms with Crippen LogP contribution in [0.2, 0.25) is 5.02 Å². The van der Waals surface area contributed by atoms with E-state index in [-0.39, 0.29) is 4.90 Å². The van der Waals surface area contributed by atoms with Crippen LogP contribution in [0.4, 0.5) is 21.9 Å². The van der Waals surface area contributed by atoms with Gasteiger partial charge in [-0.25, -0.2) is 13.2 Å². The predicted molar refractivity (Wildman–Crippen MR) is 131 cm³/mol. The Bertz CT molecular complexity index is 1200. The first-order valence-corrected chi connectivity index (χ1v) is 12.2. The monoisotopic (exact) mass is 471 g/mol. The van der Waals surface area contributed by atoms with E-state index < -0.39 is 16.1 Å². The van der Waals surface area contributed by atoms with Crippen LogP contribution in [0, 0.1) is 6.92 Å². The molecule has 0 aromatic heterocycles.